The smallest absolute Gasteiger partial charge is 0.313 e. The van der Waals surface area contributed by atoms with Crippen LogP contribution in [0.3, 0.4) is 0 Å². The average molecular weight is 414 g/mol. The molecule has 3 rings (SSSR count). The monoisotopic (exact) mass is 413 g/mol. The van der Waals surface area contributed by atoms with E-state index in [1.54, 1.807) is 54.8 Å². The Hall–Kier alpha value is -2.79. The summed E-state index contributed by atoms with van der Waals surface area (Å²) in [6, 6.07) is 11.5. The number of aromatic nitrogens is 1. The predicted molar refractivity (Wildman–Crippen MR) is 114 cm³/mol. The van der Waals surface area contributed by atoms with Gasteiger partial charge in [0.25, 0.3) is 5.91 Å². The van der Waals surface area contributed by atoms with E-state index in [-0.39, 0.29) is 17.6 Å². The summed E-state index contributed by atoms with van der Waals surface area (Å²) in [4.78, 5) is 25.9. The van der Waals surface area contributed by atoms with E-state index < -0.39 is 5.92 Å². The molecule has 0 unspecified atom stereocenters. The Morgan fingerprint density at radius 2 is 1.97 bits per heavy atom. The minimum absolute atomic E-state index is 0.0673. The molecule has 6 heteroatoms. The first-order valence-corrected chi connectivity index (χ1v) is 10.0. The Labute approximate surface area is 174 Å². The first kappa shape index (κ1) is 20.9. The van der Waals surface area contributed by atoms with E-state index in [9.17, 15) is 14.7 Å². The zero-order valence-electron chi connectivity index (χ0n) is 16.7. The van der Waals surface area contributed by atoms with Crippen molar-refractivity contribution < 1.29 is 19.4 Å². The van der Waals surface area contributed by atoms with Gasteiger partial charge in [-0.1, -0.05) is 31.0 Å². The van der Waals surface area contributed by atoms with E-state index in [2.05, 4.69) is 0 Å². The Morgan fingerprint density at radius 1 is 1.21 bits per heavy atom. The number of unbranched alkanes of at least 4 members (excludes halogenated alkanes) is 1. The molecule has 5 nitrogen and oxygen atoms in total. The molecule has 1 N–H and O–H groups in total. The molecule has 1 atom stereocenters. The third-order valence-corrected chi connectivity index (χ3v) is 5.27. The summed E-state index contributed by atoms with van der Waals surface area (Å²) in [6.45, 7) is 5.95. The molecule has 0 aliphatic heterocycles. The molecule has 0 aliphatic rings. The van der Waals surface area contributed by atoms with Crippen molar-refractivity contribution in [2.45, 2.75) is 39.5 Å². The number of phenols is 1. The normalized spacial score (nSPS) is 12.1. The standard InChI is InChI=1S/C23H24ClNO4/c1-4-5-11-29-23(28)14(2)21-15(3)25(20-10-9-18(26)13-19(20)21)22(27)16-7-6-8-17(24)12-16/h6-10,12-14,26H,4-5,11H2,1-3H3/t14-/m1/s1. The van der Waals surface area contributed by atoms with Crippen molar-refractivity contribution >= 4 is 34.4 Å². The highest BCUT2D eigenvalue weighted by Crippen LogP contribution is 2.35. The minimum Gasteiger partial charge on any atom is -0.508 e. The summed E-state index contributed by atoms with van der Waals surface area (Å²) in [6.07, 6.45) is 1.73. The van der Waals surface area contributed by atoms with Crippen LogP contribution in [0.2, 0.25) is 5.02 Å². The maximum Gasteiger partial charge on any atom is 0.313 e. The van der Waals surface area contributed by atoms with Crippen LogP contribution in [0, 0.1) is 6.92 Å². The number of aromatic hydroxyl groups is 1. The lowest BCUT2D eigenvalue weighted by atomic mass is 9.98. The fraction of sp³-hybridized carbons (Fsp3) is 0.304. The SMILES string of the molecule is CCCCOC(=O)[C@H](C)c1c(C)n(C(=O)c2cccc(Cl)c2)c2ccc(O)cc12. The van der Waals surface area contributed by atoms with Crippen molar-refractivity contribution in [3.05, 3.63) is 64.3 Å². The van der Waals surface area contributed by atoms with Crippen molar-refractivity contribution in [3.63, 3.8) is 0 Å². The number of rotatable bonds is 6. The van der Waals surface area contributed by atoms with Crippen LogP contribution < -0.4 is 0 Å². The Morgan fingerprint density at radius 3 is 2.66 bits per heavy atom. The summed E-state index contributed by atoms with van der Waals surface area (Å²) in [5, 5.41) is 11.1. The highest BCUT2D eigenvalue weighted by molar-refractivity contribution is 6.31. The van der Waals surface area contributed by atoms with E-state index in [4.69, 9.17) is 16.3 Å². The average Bonchev–Trinajstić information content (AvgIpc) is 2.97. The number of fused-ring (bicyclic) bond motifs is 1. The molecule has 0 aliphatic carbocycles. The molecule has 2 aromatic carbocycles. The van der Waals surface area contributed by atoms with Crippen LogP contribution in [-0.2, 0) is 9.53 Å². The van der Waals surface area contributed by atoms with Crippen molar-refractivity contribution in [1.29, 1.82) is 0 Å². The van der Waals surface area contributed by atoms with Gasteiger partial charge in [-0.2, -0.15) is 0 Å². The zero-order valence-corrected chi connectivity index (χ0v) is 17.5. The number of nitrogens with zero attached hydrogens (tertiary/aromatic N) is 1. The quantitative estimate of drug-likeness (QED) is 0.431. The summed E-state index contributed by atoms with van der Waals surface area (Å²) in [5.74, 6) is -1.11. The second-order valence-corrected chi connectivity index (χ2v) is 7.53. The first-order valence-electron chi connectivity index (χ1n) is 9.66. The van der Waals surface area contributed by atoms with E-state index in [0.717, 1.165) is 12.8 Å². The molecule has 0 bridgehead atoms. The van der Waals surface area contributed by atoms with E-state index in [0.29, 0.717) is 39.4 Å². The minimum atomic E-state index is -0.579. The van der Waals surface area contributed by atoms with E-state index in [1.807, 2.05) is 6.92 Å². The maximum absolute atomic E-state index is 13.3. The van der Waals surface area contributed by atoms with E-state index in [1.165, 1.54) is 6.07 Å². The van der Waals surface area contributed by atoms with Gasteiger partial charge in [-0.3, -0.25) is 14.2 Å². The van der Waals surface area contributed by atoms with Crippen LogP contribution >= 0.6 is 11.6 Å². The van der Waals surface area contributed by atoms with Crippen LogP contribution in [0.1, 0.15) is 54.2 Å². The molecule has 29 heavy (non-hydrogen) atoms. The molecule has 0 spiro atoms. The molecule has 0 fully saturated rings. The number of halogens is 1. The van der Waals surface area contributed by atoms with Gasteiger partial charge in [0.15, 0.2) is 0 Å². The number of phenolic OH excluding ortho intramolecular Hbond substituents is 1. The third-order valence-electron chi connectivity index (χ3n) is 5.04. The summed E-state index contributed by atoms with van der Waals surface area (Å²) < 4.78 is 6.95. The van der Waals surface area contributed by atoms with Crippen LogP contribution in [0.25, 0.3) is 10.9 Å². The Kier molecular flexibility index (Phi) is 6.28. The number of hydrogen-bond acceptors (Lipinski definition) is 4. The highest BCUT2D eigenvalue weighted by Gasteiger charge is 2.27. The molecule has 3 aromatic rings. The van der Waals surface area contributed by atoms with Crippen molar-refractivity contribution in [2.24, 2.45) is 0 Å². The first-order chi connectivity index (χ1) is 13.8. The van der Waals surface area contributed by atoms with Gasteiger partial charge in [0, 0.05) is 21.7 Å². The Bertz CT molecular complexity index is 1070. The molecular weight excluding hydrogens is 390 g/mol. The van der Waals surface area contributed by atoms with E-state index >= 15 is 0 Å². The highest BCUT2D eigenvalue weighted by atomic mass is 35.5. The van der Waals surface area contributed by atoms with Crippen LogP contribution in [0.5, 0.6) is 5.75 Å². The van der Waals surface area contributed by atoms with Gasteiger partial charge in [-0.05, 0) is 62.2 Å². The largest absolute Gasteiger partial charge is 0.508 e. The molecule has 0 saturated carbocycles. The second kappa shape index (κ2) is 8.70. The predicted octanol–water partition coefficient (Wildman–Crippen LogP) is 5.44. The fourth-order valence-electron chi connectivity index (χ4n) is 3.55. The number of esters is 1. The van der Waals surface area contributed by atoms with Crippen LogP contribution in [-0.4, -0.2) is 28.2 Å². The van der Waals surface area contributed by atoms with Gasteiger partial charge in [0.1, 0.15) is 5.75 Å². The van der Waals surface area contributed by atoms with Crippen molar-refractivity contribution in [1.82, 2.24) is 4.57 Å². The van der Waals surface area contributed by atoms with Gasteiger partial charge in [-0.15, -0.1) is 0 Å². The molecule has 1 heterocycles. The van der Waals surface area contributed by atoms with Gasteiger partial charge < -0.3 is 9.84 Å². The molecule has 0 saturated heterocycles. The molecule has 0 radical (unpaired) electrons. The number of carbonyl (C=O) groups excluding carboxylic acids is 2. The lowest BCUT2D eigenvalue weighted by Crippen LogP contribution is -2.17. The molecule has 0 amide bonds. The number of carbonyl (C=O) groups is 2. The van der Waals surface area contributed by atoms with Gasteiger partial charge >= 0.3 is 5.97 Å². The summed E-state index contributed by atoms with van der Waals surface area (Å²) >= 11 is 6.06. The summed E-state index contributed by atoms with van der Waals surface area (Å²) in [5.41, 5.74) is 2.37. The summed E-state index contributed by atoms with van der Waals surface area (Å²) in [7, 11) is 0. The molecule has 1 aromatic heterocycles. The second-order valence-electron chi connectivity index (χ2n) is 7.09. The number of ether oxygens (including phenoxy) is 1. The number of benzene rings is 2. The number of hydrogen-bond donors (Lipinski definition) is 1. The zero-order chi connectivity index (χ0) is 21.1. The Balaban J connectivity index is 2.12. The van der Waals surface area contributed by atoms with Crippen LogP contribution in [0.4, 0.5) is 0 Å². The van der Waals surface area contributed by atoms with Crippen molar-refractivity contribution in [3.8, 4) is 5.75 Å². The molecule has 152 valence electrons. The molecular formula is C23H24ClNO4. The van der Waals surface area contributed by atoms with Gasteiger partial charge in [0.05, 0.1) is 18.0 Å². The topological polar surface area (TPSA) is 68.5 Å². The van der Waals surface area contributed by atoms with Gasteiger partial charge in [-0.25, -0.2) is 0 Å². The van der Waals surface area contributed by atoms with Crippen molar-refractivity contribution in [2.75, 3.05) is 6.61 Å². The lowest BCUT2D eigenvalue weighted by molar-refractivity contribution is -0.145. The fourth-order valence-corrected chi connectivity index (χ4v) is 3.74. The third kappa shape index (κ3) is 4.15. The van der Waals surface area contributed by atoms with Gasteiger partial charge in [0.2, 0.25) is 0 Å². The maximum atomic E-state index is 13.3. The van der Waals surface area contributed by atoms with Crippen LogP contribution in [0.15, 0.2) is 42.5 Å². The lowest BCUT2D eigenvalue weighted by Gasteiger charge is -2.13.